The van der Waals surface area contributed by atoms with Crippen molar-refractivity contribution in [3.63, 3.8) is 0 Å². The maximum Gasteiger partial charge on any atom is 0.335 e. The number of thiophene rings is 1. The van der Waals surface area contributed by atoms with E-state index >= 15 is 0 Å². The van der Waals surface area contributed by atoms with Gasteiger partial charge in [-0.2, -0.15) is 4.98 Å². The van der Waals surface area contributed by atoms with E-state index < -0.39 is 0 Å². The lowest BCUT2D eigenvalue weighted by atomic mass is 10.2. The van der Waals surface area contributed by atoms with Gasteiger partial charge in [-0.3, -0.25) is 4.57 Å². The molecule has 7 nitrogen and oxygen atoms in total. The largest absolute Gasteiger partial charge is 0.497 e. The molecule has 0 atom stereocenters. The molecule has 0 spiro atoms. The van der Waals surface area contributed by atoms with Gasteiger partial charge < -0.3 is 10.1 Å². The van der Waals surface area contributed by atoms with E-state index in [4.69, 9.17) is 9.72 Å². The van der Waals surface area contributed by atoms with Crippen molar-refractivity contribution >= 4 is 28.4 Å². The number of rotatable bonds is 8. The summed E-state index contributed by atoms with van der Waals surface area (Å²) in [6.45, 7) is 1.14. The quantitative estimate of drug-likeness (QED) is 0.375. The van der Waals surface area contributed by atoms with Gasteiger partial charge in [-0.05, 0) is 35.6 Å². The highest BCUT2D eigenvalue weighted by Gasteiger charge is 2.18. The van der Waals surface area contributed by atoms with E-state index in [2.05, 4.69) is 21.7 Å². The number of benzene rings is 2. The van der Waals surface area contributed by atoms with Gasteiger partial charge in [-0.1, -0.05) is 42.5 Å². The highest BCUT2D eigenvalue weighted by atomic mass is 32.1. The summed E-state index contributed by atoms with van der Waals surface area (Å²) < 4.78 is 8.70. The Morgan fingerprint density at radius 2 is 1.94 bits per heavy atom. The Labute approximate surface area is 194 Å². The number of fused-ring (bicyclic) bond motifs is 1. The number of aromatic nitrogens is 4. The molecule has 3 heterocycles. The Balaban J connectivity index is 1.57. The molecule has 0 aliphatic heterocycles. The topological polar surface area (TPSA) is 74.0 Å². The van der Waals surface area contributed by atoms with Gasteiger partial charge in [0.05, 0.1) is 25.5 Å². The van der Waals surface area contributed by atoms with Crippen molar-refractivity contribution in [1.29, 1.82) is 0 Å². The van der Waals surface area contributed by atoms with E-state index in [1.807, 2.05) is 60.7 Å². The average molecular weight is 458 g/mol. The Kier molecular flexibility index (Phi) is 5.91. The zero-order valence-electron chi connectivity index (χ0n) is 18.1. The molecule has 0 saturated heterocycles. The molecule has 5 aromatic rings. The highest BCUT2D eigenvalue weighted by Crippen LogP contribution is 2.21. The summed E-state index contributed by atoms with van der Waals surface area (Å²) in [5.74, 6) is 1.17. The first-order chi connectivity index (χ1) is 16.2. The summed E-state index contributed by atoms with van der Waals surface area (Å²) in [6, 6.07) is 21.5. The molecule has 3 aromatic heterocycles. The van der Waals surface area contributed by atoms with Crippen LogP contribution in [-0.2, 0) is 13.0 Å². The molecule has 8 heteroatoms. The van der Waals surface area contributed by atoms with Crippen molar-refractivity contribution in [1.82, 2.24) is 19.1 Å². The van der Waals surface area contributed by atoms with E-state index in [0.717, 1.165) is 12.0 Å². The van der Waals surface area contributed by atoms with Gasteiger partial charge in [0, 0.05) is 17.5 Å². The molecule has 0 bridgehead atoms. The fraction of sp³-hybridized carbons (Fsp3) is 0.160. The van der Waals surface area contributed by atoms with Gasteiger partial charge in [0.25, 0.3) is 0 Å². The van der Waals surface area contributed by atoms with E-state index in [-0.39, 0.29) is 5.69 Å². The van der Waals surface area contributed by atoms with Crippen LogP contribution in [0.25, 0.3) is 16.9 Å². The minimum Gasteiger partial charge on any atom is -0.497 e. The number of hydrogen-bond donors (Lipinski definition) is 1. The molecule has 0 fully saturated rings. The van der Waals surface area contributed by atoms with Crippen LogP contribution in [0.4, 0.5) is 5.95 Å². The third kappa shape index (κ3) is 4.38. The van der Waals surface area contributed by atoms with Crippen LogP contribution in [0.15, 0.2) is 83.1 Å². The lowest BCUT2D eigenvalue weighted by Crippen LogP contribution is -2.23. The standard InChI is InChI=1S/C25H23N5O2S/c1-32-20-10-5-9-19(15-20)30-23-22(29(25(30)31)17-18-7-3-2-4-8-18)16-27-24(28-23)26-13-12-21-11-6-14-33-21/h2-11,14-16H,12-13,17H2,1H3,(H,26,27,28). The summed E-state index contributed by atoms with van der Waals surface area (Å²) in [4.78, 5) is 24.1. The van der Waals surface area contributed by atoms with Crippen molar-refractivity contribution in [2.24, 2.45) is 0 Å². The van der Waals surface area contributed by atoms with Crippen LogP contribution < -0.4 is 15.7 Å². The lowest BCUT2D eigenvalue weighted by molar-refractivity contribution is 0.414. The summed E-state index contributed by atoms with van der Waals surface area (Å²) in [6.07, 6.45) is 2.60. The van der Waals surface area contributed by atoms with Crippen LogP contribution in [0.2, 0.25) is 0 Å². The monoisotopic (exact) mass is 457 g/mol. The minimum absolute atomic E-state index is 0.174. The Bertz CT molecular complexity index is 1420. The van der Waals surface area contributed by atoms with Gasteiger partial charge in [-0.25, -0.2) is 14.3 Å². The second-order valence-electron chi connectivity index (χ2n) is 7.55. The third-order valence-electron chi connectivity index (χ3n) is 5.40. The minimum atomic E-state index is -0.174. The third-order valence-corrected chi connectivity index (χ3v) is 6.34. The molecule has 0 unspecified atom stereocenters. The number of nitrogens with one attached hydrogen (secondary N) is 1. The zero-order chi connectivity index (χ0) is 22.6. The van der Waals surface area contributed by atoms with Crippen LogP contribution in [0, 0.1) is 0 Å². The zero-order valence-corrected chi connectivity index (χ0v) is 19.0. The normalized spacial score (nSPS) is 11.1. The molecule has 2 aromatic carbocycles. The first kappa shape index (κ1) is 21.0. The number of imidazole rings is 1. The maximum atomic E-state index is 13.6. The van der Waals surface area contributed by atoms with E-state index in [1.165, 1.54) is 4.88 Å². The van der Waals surface area contributed by atoms with Gasteiger partial charge in [-0.15, -0.1) is 11.3 Å². The number of methoxy groups -OCH3 is 1. The van der Waals surface area contributed by atoms with Gasteiger partial charge in [0.1, 0.15) is 11.3 Å². The van der Waals surface area contributed by atoms with Gasteiger partial charge in [0.2, 0.25) is 5.95 Å². The van der Waals surface area contributed by atoms with E-state index in [9.17, 15) is 4.79 Å². The summed E-state index contributed by atoms with van der Waals surface area (Å²) in [5.41, 5.74) is 2.78. The molecular formula is C25H23N5O2S. The van der Waals surface area contributed by atoms with Crippen LogP contribution in [0.5, 0.6) is 5.75 Å². The first-order valence-corrected chi connectivity index (χ1v) is 11.5. The SMILES string of the molecule is COc1cccc(-n2c(=O)n(Cc3ccccc3)c3cnc(NCCc4cccs4)nc32)c1. The molecule has 0 saturated carbocycles. The van der Waals surface area contributed by atoms with Crippen molar-refractivity contribution in [2.75, 3.05) is 19.0 Å². The fourth-order valence-corrected chi connectivity index (χ4v) is 4.48. The maximum absolute atomic E-state index is 13.6. The van der Waals surface area contributed by atoms with Gasteiger partial charge in [0.15, 0.2) is 5.65 Å². The van der Waals surface area contributed by atoms with Crippen molar-refractivity contribution in [3.8, 4) is 11.4 Å². The molecular weight excluding hydrogens is 434 g/mol. The second kappa shape index (κ2) is 9.30. The van der Waals surface area contributed by atoms with Crippen molar-refractivity contribution in [3.05, 3.63) is 99.2 Å². The Morgan fingerprint density at radius 3 is 2.73 bits per heavy atom. The van der Waals surface area contributed by atoms with Crippen molar-refractivity contribution < 1.29 is 4.74 Å². The van der Waals surface area contributed by atoms with Crippen molar-refractivity contribution in [2.45, 2.75) is 13.0 Å². The fourth-order valence-electron chi connectivity index (χ4n) is 3.77. The molecule has 0 radical (unpaired) electrons. The number of ether oxygens (including phenoxy) is 1. The molecule has 33 heavy (non-hydrogen) atoms. The first-order valence-electron chi connectivity index (χ1n) is 10.7. The number of anilines is 1. The summed E-state index contributed by atoms with van der Waals surface area (Å²) >= 11 is 1.73. The Morgan fingerprint density at radius 1 is 1.06 bits per heavy atom. The van der Waals surface area contributed by atoms with Crippen LogP contribution in [-0.4, -0.2) is 32.8 Å². The smallest absolute Gasteiger partial charge is 0.335 e. The number of nitrogens with zero attached hydrogens (tertiary/aromatic N) is 4. The Hall–Kier alpha value is -3.91. The lowest BCUT2D eigenvalue weighted by Gasteiger charge is -2.07. The predicted octanol–water partition coefficient (Wildman–Crippen LogP) is 4.36. The highest BCUT2D eigenvalue weighted by molar-refractivity contribution is 7.09. The van der Waals surface area contributed by atoms with E-state index in [1.54, 1.807) is 33.8 Å². The molecule has 0 aliphatic rings. The van der Waals surface area contributed by atoms with Gasteiger partial charge >= 0.3 is 5.69 Å². The molecule has 5 rings (SSSR count). The van der Waals surface area contributed by atoms with Crippen LogP contribution >= 0.6 is 11.3 Å². The molecule has 166 valence electrons. The summed E-state index contributed by atoms with van der Waals surface area (Å²) in [7, 11) is 1.61. The molecule has 0 aliphatic carbocycles. The van der Waals surface area contributed by atoms with Crippen LogP contribution in [0.3, 0.4) is 0 Å². The molecule has 1 N–H and O–H groups in total. The average Bonchev–Trinajstić information content (AvgIpc) is 3.46. The van der Waals surface area contributed by atoms with E-state index in [0.29, 0.717) is 41.6 Å². The number of hydrogen-bond acceptors (Lipinski definition) is 6. The second-order valence-corrected chi connectivity index (χ2v) is 8.58. The summed E-state index contributed by atoms with van der Waals surface area (Å²) in [5, 5.41) is 5.36. The molecule has 0 amide bonds. The predicted molar refractivity (Wildman–Crippen MR) is 132 cm³/mol. The van der Waals surface area contributed by atoms with Crippen LogP contribution in [0.1, 0.15) is 10.4 Å².